The molecule has 0 atom stereocenters. The van der Waals surface area contributed by atoms with E-state index in [1.54, 1.807) is 0 Å². The molecule has 0 saturated heterocycles. The number of nitrogen functional groups attached to an aromatic ring is 1. The summed E-state index contributed by atoms with van der Waals surface area (Å²) in [6, 6.07) is 2.98. The van der Waals surface area contributed by atoms with E-state index in [1.807, 2.05) is 0 Å². The summed E-state index contributed by atoms with van der Waals surface area (Å²) in [6.07, 6.45) is -1.11. The first-order valence-corrected chi connectivity index (χ1v) is 4.99. The molecule has 0 unspecified atom stereocenters. The number of hydrogen-bond donors (Lipinski definition) is 3. The van der Waals surface area contributed by atoms with Gasteiger partial charge in [0.2, 0.25) is 0 Å². The Morgan fingerprint density at radius 3 is 2.82 bits per heavy atom. The second kappa shape index (κ2) is 6.09. The molecule has 1 heterocycles. The van der Waals surface area contributed by atoms with Gasteiger partial charge in [0.25, 0.3) is 6.43 Å². The molecule has 0 radical (unpaired) electrons. The van der Waals surface area contributed by atoms with E-state index in [1.165, 1.54) is 23.2 Å². The molecule has 0 aliphatic carbocycles. The topological polar surface area (TPSA) is 86.2 Å². The van der Waals surface area contributed by atoms with E-state index in [4.69, 9.17) is 16.2 Å². The van der Waals surface area contributed by atoms with Crippen LogP contribution in [0.3, 0.4) is 0 Å². The van der Waals surface area contributed by atoms with E-state index < -0.39 is 13.0 Å². The standard InChI is InChI=1S/C10H14F2N4O/c11-9(12)6-16(3-4-17)7-1-2-15-8(5-7)10(13)14/h1-2,5,9,17H,3-4,6H2,(H3,13,14). The fraction of sp³-hybridized carbons (Fsp3) is 0.400. The molecule has 0 spiro atoms. The third kappa shape index (κ3) is 3.95. The average molecular weight is 244 g/mol. The van der Waals surface area contributed by atoms with Crippen molar-refractivity contribution >= 4 is 11.5 Å². The highest BCUT2D eigenvalue weighted by molar-refractivity contribution is 5.93. The molecule has 0 bridgehead atoms. The normalized spacial score (nSPS) is 10.6. The summed E-state index contributed by atoms with van der Waals surface area (Å²) in [6.45, 7) is -0.627. The first kappa shape index (κ1) is 13.3. The molecule has 0 saturated carbocycles. The van der Waals surface area contributed by atoms with E-state index in [0.717, 1.165) is 0 Å². The SMILES string of the molecule is N=C(N)c1cc(N(CCO)CC(F)F)ccn1. The molecule has 0 fully saturated rings. The lowest BCUT2D eigenvalue weighted by atomic mass is 10.2. The van der Waals surface area contributed by atoms with Crippen LogP contribution < -0.4 is 10.6 Å². The van der Waals surface area contributed by atoms with Crippen LogP contribution in [0.5, 0.6) is 0 Å². The van der Waals surface area contributed by atoms with E-state index in [0.29, 0.717) is 5.69 Å². The number of hydrogen-bond acceptors (Lipinski definition) is 4. The zero-order chi connectivity index (χ0) is 12.8. The number of nitrogens with two attached hydrogens (primary N) is 1. The summed E-state index contributed by atoms with van der Waals surface area (Å²) < 4.78 is 24.7. The minimum Gasteiger partial charge on any atom is -0.395 e. The van der Waals surface area contributed by atoms with Crippen LogP contribution >= 0.6 is 0 Å². The van der Waals surface area contributed by atoms with Crippen molar-refractivity contribution in [2.75, 3.05) is 24.6 Å². The smallest absolute Gasteiger partial charge is 0.255 e. The molecular formula is C10H14F2N4O. The van der Waals surface area contributed by atoms with Gasteiger partial charge in [-0.1, -0.05) is 0 Å². The molecule has 5 nitrogen and oxygen atoms in total. The molecule has 0 aromatic carbocycles. The fourth-order valence-electron chi connectivity index (χ4n) is 1.38. The predicted molar refractivity (Wildman–Crippen MR) is 60.6 cm³/mol. The van der Waals surface area contributed by atoms with Crippen molar-refractivity contribution in [3.05, 3.63) is 24.0 Å². The van der Waals surface area contributed by atoms with E-state index in [2.05, 4.69) is 4.98 Å². The van der Waals surface area contributed by atoms with Crippen LogP contribution in [0.25, 0.3) is 0 Å². The number of pyridine rings is 1. The molecule has 0 aliphatic rings. The zero-order valence-electron chi connectivity index (χ0n) is 9.11. The van der Waals surface area contributed by atoms with Gasteiger partial charge >= 0.3 is 0 Å². The maximum atomic E-state index is 12.3. The number of amidine groups is 1. The number of nitrogens with zero attached hydrogens (tertiary/aromatic N) is 2. The number of anilines is 1. The summed E-state index contributed by atoms with van der Waals surface area (Å²) in [4.78, 5) is 5.15. The predicted octanol–water partition coefficient (Wildman–Crippen LogP) is 0.429. The largest absolute Gasteiger partial charge is 0.395 e. The molecule has 94 valence electrons. The van der Waals surface area contributed by atoms with Crippen molar-refractivity contribution < 1.29 is 13.9 Å². The monoisotopic (exact) mass is 244 g/mol. The van der Waals surface area contributed by atoms with Gasteiger partial charge in [-0.05, 0) is 12.1 Å². The summed E-state index contributed by atoms with van der Waals surface area (Å²) in [7, 11) is 0. The summed E-state index contributed by atoms with van der Waals surface area (Å²) in [5.74, 6) is -0.229. The van der Waals surface area contributed by atoms with Gasteiger partial charge in [0, 0.05) is 18.4 Å². The summed E-state index contributed by atoms with van der Waals surface area (Å²) in [5.41, 5.74) is 5.94. The number of aromatic nitrogens is 1. The Balaban J connectivity index is 2.92. The van der Waals surface area contributed by atoms with Gasteiger partial charge in [0.1, 0.15) is 11.5 Å². The number of halogens is 2. The number of nitrogens with one attached hydrogen (secondary N) is 1. The van der Waals surface area contributed by atoms with Gasteiger partial charge in [-0.3, -0.25) is 10.4 Å². The van der Waals surface area contributed by atoms with Crippen LogP contribution in [0.15, 0.2) is 18.3 Å². The highest BCUT2D eigenvalue weighted by Crippen LogP contribution is 2.15. The molecule has 17 heavy (non-hydrogen) atoms. The average Bonchev–Trinajstić information content (AvgIpc) is 2.28. The molecule has 1 aromatic rings. The second-order valence-corrected chi connectivity index (χ2v) is 3.37. The number of aliphatic hydroxyl groups is 1. The van der Waals surface area contributed by atoms with Crippen LogP contribution in [0, 0.1) is 5.41 Å². The molecule has 1 rings (SSSR count). The van der Waals surface area contributed by atoms with Gasteiger partial charge in [0.15, 0.2) is 0 Å². The molecular weight excluding hydrogens is 230 g/mol. The van der Waals surface area contributed by atoms with Crippen molar-refractivity contribution in [1.29, 1.82) is 5.41 Å². The highest BCUT2D eigenvalue weighted by atomic mass is 19.3. The molecule has 7 heteroatoms. The number of aliphatic hydroxyl groups excluding tert-OH is 1. The first-order chi connectivity index (χ1) is 8.04. The Labute approximate surface area is 97.4 Å². The lowest BCUT2D eigenvalue weighted by molar-refractivity contribution is 0.153. The molecule has 0 aliphatic heterocycles. The van der Waals surface area contributed by atoms with Crippen molar-refractivity contribution in [1.82, 2.24) is 4.98 Å². The van der Waals surface area contributed by atoms with Gasteiger partial charge in [-0.15, -0.1) is 0 Å². The molecule has 1 aromatic heterocycles. The summed E-state index contributed by atoms with van der Waals surface area (Å²) >= 11 is 0. The lowest BCUT2D eigenvalue weighted by Crippen LogP contribution is -2.31. The third-order valence-corrected chi connectivity index (χ3v) is 2.11. The quantitative estimate of drug-likeness (QED) is 0.500. The molecule has 4 N–H and O–H groups in total. The van der Waals surface area contributed by atoms with Gasteiger partial charge in [0.05, 0.1) is 13.2 Å². The first-order valence-electron chi connectivity index (χ1n) is 4.99. The Bertz CT molecular complexity index is 386. The molecule has 0 amide bonds. The Morgan fingerprint density at radius 1 is 1.59 bits per heavy atom. The van der Waals surface area contributed by atoms with Gasteiger partial charge in [-0.25, -0.2) is 8.78 Å². The van der Waals surface area contributed by atoms with E-state index >= 15 is 0 Å². The minimum absolute atomic E-state index is 0.0890. The van der Waals surface area contributed by atoms with Gasteiger partial charge in [-0.2, -0.15) is 0 Å². The Kier molecular flexibility index (Phi) is 4.77. The third-order valence-electron chi connectivity index (χ3n) is 2.11. The lowest BCUT2D eigenvalue weighted by Gasteiger charge is -2.23. The zero-order valence-corrected chi connectivity index (χ0v) is 9.11. The van der Waals surface area contributed by atoms with Crippen LogP contribution in [-0.2, 0) is 0 Å². The van der Waals surface area contributed by atoms with Crippen molar-refractivity contribution in [3.63, 3.8) is 0 Å². The second-order valence-electron chi connectivity index (χ2n) is 3.37. The number of rotatable bonds is 6. The van der Waals surface area contributed by atoms with Crippen molar-refractivity contribution in [3.8, 4) is 0 Å². The highest BCUT2D eigenvalue weighted by Gasteiger charge is 2.13. The Morgan fingerprint density at radius 2 is 2.29 bits per heavy atom. The Hall–Kier alpha value is -1.76. The maximum absolute atomic E-state index is 12.3. The number of alkyl halides is 2. The summed E-state index contributed by atoms with van der Waals surface area (Å²) in [5, 5.41) is 16.0. The fourth-order valence-corrected chi connectivity index (χ4v) is 1.38. The minimum atomic E-state index is -2.50. The van der Waals surface area contributed by atoms with Crippen LogP contribution in [-0.4, -0.2) is 42.0 Å². The van der Waals surface area contributed by atoms with E-state index in [9.17, 15) is 8.78 Å². The van der Waals surface area contributed by atoms with Crippen LogP contribution in [0.4, 0.5) is 14.5 Å². The van der Waals surface area contributed by atoms with Crippen molar-refractivity contribution in [2.24, 2.45) is 5.73 Å². The van der Waals surface area contributed by atoms with E-state index in [-0.39, 0.29) is 24.7 Å². The van der Waals surface area contributed by atoms with Crippen LogP contribution in [0.2, 0.25) is 0 Å². The van der Waals surface area contributed by atoms with Crippen LogP contribution in [0.1, 0.15) is 5.69 Å². The van der Waals surface area contributed by atoms with Gasteiger partial charge < -0.3 is 15.7 Å². The maximum Gasteiger partial charge on any atom is 0.255 e. The van der Waals surface area contributed by atoms with Crippen molar-refractivity contribution in [2.45, 2.75) is 6.43 Å².